The van der Waals surface area contributed by atoms with Crippen LogP contribution in [-0.4, -0.2) is 30.3 Å². The summed E-state index contributed by atoms with van der Waals surface area (Å²) >= 11 is 0. The molecule has 116 valence electrons. The van der Waals surface area contributed by atoms with Crippen LogP contribution in [0, 0.1) is 5.41 Å². The number of carbonyl (C=O) groups is 1. The van der Waals surface area contributed by atoms with E-state index in [1.165, 1.54) is 0 Å². The minimum atomic E-state index is -0.140. The van der Waals surface area contributed by atoms with Gasteiger partial charge in [0.05, 0.1) is 0 Å². The third-order valence-electron chi connectivity index (χ3n) is 3.25. The Bertz CT molecular complexity index is 460. The lowest BCUT2D eigenvalue weighted by Crippen LogP contribution is -2.44. The van der Waals surface area contributed by atoms with Gasteiger partial charge in [-0.05, 0) is 36.1 Å². The summed E-state index contributed by atoms with van der Waals surface area (Å²) in [5.74, 6) is 0.563. The molecule has 0 saturated heterocycles. The van der Waals surface area contributed by atoms with Gasteiger partial charge in [0.25, 0.3) is 5.91 Å². The SMILES string of the molecule is C=CCOc1ccc(C(=O)NC(CCO)C(C)(C)C)cc1. The van der Waals surface area contributed by atoms with Crippen molar-refractivity contribution in [1.29, 1.82) is 0 Å². The molecule has 0 aliphatic rings. The average Bonchev–Trinajstić information content (AvgIpc) is 2.44. The summed E-state index contributed by atoms with van der Waals surface area (Å²) in [5, 5.41) is 12.1. The number of ether oxygens (including phenoxy) is 1. The lowest BCUT2D eigenvalue weighted by atomic mass is 9.85. The first-order chi connectivity index (χ1) is 9.88. The van der Waals surface area contributed by atoms with Gasteiger partial charge in [-0.25, -0.2) is 0 Å². The number of amides is 1. The standard InChI is InChI=1S/C17H25NO3/c1-5-12-21-14-8-6-13(7-9-14)16(20)18-15(10-11-19)17(2,3)4/h5-9,15,19H,1,10-12H2,2-4H3,(H,18,20). The third kappa shape index (κ3) is 5.60. The highest BCUT2D eigenvalue weighted by Gasteiger charge is 2.25. The van der Waals surface area contributed by atoms with E-state index in [9.17, 15) is 4.79 Å². The molecule has 0 spiro atoms. The number of aliphatic hydroxyl groups is 1. The van der Waals surface area contributed by atoms with Crippen molar-refractivity contribution in [3.63, 3.8) is 0 Å². The number of hydrogen-bond acceptors (Lipinski definition) is 3. The van der Waals surface area contributed by atoms with Crippen LogP contribution >= 0.6 is 0 Å². The van der Waals surface area contributed by atoms with E-state index in [2.05, 4.69) is 11.9 Å². The second-order valence-corrected chi connectivity index (χ2v) is 6.03. The van der Waals surface area contributed by atoms with Gasteiger partial charge in [-0.3, -0.25) is 4.79 Å². The van der Waals surface area contributed by atoms with E-state index in [4.69, 9.17) is 9.84 Å². The van der Waals surface area contributed by atoms with Crippen molar-refractivity contribution in [3.8, 4) is 5.75 Å². The molecular formula is C17H25NO3. The molecule has 0 aliphatic carbocycles. The van der Waals surface area contributed by atoms with E-state index in [1.54, 1.807) is 30.3 Å². The van der Waals surface area contributed by atoms with Gasteiger partial charge in [-0.1, -0.05) is 33.4 Å². The fourth-order valence-electron chi connectivity index (χ4n) is 1.95. The molecular weight excluding hydrogens is 266 g/mol. The minimum Gasteiger partial charge on any atom is -0.490 e. The van der Waals surface area contributed by atoms with Crippen molar-refractivity contribution in [3.05, 3.63) is 42.5 Å². The Balaban J connectivity index is 2.71. The van der Waals surface area contributed by atoms with Crippen molar-refractivity contribution in [2.75, 3.05) is 13.2 Å². The average molecular weight is 291 g/mol. The Kier molecular flexibility index (Phi) is 6.43. The Labute approximate surface area is 126 Å². The van der Waals surface area contributed by atoms with E-state index in [0.717, 1.165) is 0 Å². The summed E-state index contributed by atoms with van der Waals surface area (Å²) in [4.78, 5) is 12.3. The fraction of sp³-hybridized carbons (Fsp3) is 0.471. The molecule has 2 N–H and O–H groups in total. The molecule has 0 heterocycles. The van der Waals surface area contributed by atoms with Crippen LogP contribution in [0.4, 0.5) is 0 Å². The maximum atomic E-state index is 12.3. The first-order valence-corrected chi connectivity index (χ1v) is 7.14. The molecule has 1 amide bonds. The molecule has 0 radical (unpaired) electrons. The maximum absolute atomic E-state index is 12.3. The predicted octanol–water partition coefficient (Wildman–Crippen LogP) is 2.78. The van der Waals surface area contributed by atoms with Crippen LogP contribution in [0.1, 0.15) is 37.6 Å². The van der Waals surface area contributed by atoms with Crippen molar-refractivity contribution in [1.82, 2.24) is 5.32 Å². The minimum absolute atomic E-state index is 0.0521. The van der Waals surface area contributed by atoms with Crippen LogP contribution in [0.3, 0.4) is 0 Å². The predicted molar refractivity (Wildman–Crippen MR) is 84.5 cm³/mol. The Hall–Kier alpha value is -1.81. The van der Waals surface area contributed by atoms with Gasteiger partial charge in [0.1, 0.15) is 12.4 Å². The molecule has 4 heteroatoms. The quantitative estimate of drug-likeness (QED) is 0.759. The summed E-state index contributed by atoms with van der Waals surface area (Å²) in [6, 6.07) is 6.90. The molecule has 0 bridgehead atoms. The molecule has 1 rings (SSSR count). The Morgan fingerprint density at radius 2 is 2.00 bits per heavy atom. The first kappa shape index (κ1) is 17.2. The van der Waals surface area contributed by atoms with E-state index < -0.39 is 0 Å². The Morgan fingerprint density at radius 1 is 1.38 bits per heavy atom. The fourth-order valence-corrected chi connectivity index (χ4v) is 1.95. The van der Waals surface area contributed by atoms with Crippen LogP contribution in [0.2, 0.25) is 0 Å². The lowest BCUT2D eigenvalue weighted by molar-refractivity contribution is 0.0885. The van der Waals surface area contributed by atoms with Crippen molar-refractivity contribution in [2.45, 2.75) is 33.2 Å². The number of aliphatic hydroxyl groups excluding tert-OH is 1. The van der Waals surface area contributed by atoms with Gasteiger partial charge in [-0.2, -0.15) is 0 Å². The normalized spacial score (nSPS) is 12.6. The highest BCUT2D eigenvalue weighted by Crippen LogP contribution is 2.22. The number of benzene rings is 1. The molecule has 21 heavy (non-hydrogen) atoms. The summed E-state index contributed by atoms with van der Waals surface area (Å²) < 4.78 is 5.38. The molecule has 0 saturated carbocycles. The summed E-state index contributed by atoms with van der Waals surface area (Å²) in [5.41, 5.74) is 0.471. The van der Waals surface area contributed by atoms with E-state index in [1.807, 2.05) is 20.8 Å². The molecule has 4 nitrogen and oxygen atoms in total. The first-order valence-electron chi connectivity index (χ1n) is 7.14. The van der Waals surface area contributed by atoms with Crippen LogP contribution in [0.25, 0.3) is 0 Å². The molecule has 0 aliphatic heterocycles. The zero-order valence-corrected chi connectivity index (χ0v) is 13.1. The molecule has 1 aromatic rings. The molecule has 1 atom stereocenters. The lowest BCUT2D eigenvalue weighted by Gasteiger charge is -2.31. The topological polar surface area (TPSA) is 58.6 Å². The van der Waals surface area contributed by atoms with Gasteiger partial charge in [0.15, 0.2) is 0 Å². The molecule has 1 aromatic carbocycles. The largest absolute Gasteiger partial charge is 0.490 e. The zero-order valence-electron chi connectivity index (χ0n) is 13.1. The van der Waals surface area contributed by atoms with Gasteiger partial charge in [0, 0.05) is 18.2 Å². The number of carbonyl (C=O) groups excluding carboxylic acids is 1. The van der Waals surface area contributed by atoms with Gasteiger partial charge in [0.2, 0.25) is 0 Å². The summed E-state index contributed by atoms with van der Waals surface area (Å²) in [6.45, 7) is 10.2. The van der Waals surface area contributed by atoms with Crippen LogP contribution in [0.5, 0.6) is 5.75 Å². The number of rotatable bonds is 7. The van der Waals surface area contributed by atoms with Gasteiger partial charge in [-0.15, -0.1) is 0 Å². The summed E-state index contributed by atoms with van der Waals surface area (Å²) in [6.07, 6.45) is 2.21. The zero-order chi connectivity index (χ0) is 15.9. The maximum Gasteiger partial charge on any atom is 0.251 e. The smallest absolute Gasteiger partial charge is 0.251 e. The van der Waals surface area contributed by atoms with Crippen LogP contribution in [-0.2, 0) is 0 Å². The molecule has 1 unspecified atom stereocenters. The molecule has 0 fully saturated rings. The monoisotopic (exact) mass is 291 g/mol. The third-order valence-corrected chi connectivity index (χ3v) is 3.25. The summed E-state index contributed by atoms with van der Waals surface area (Å²) in [7, 11) is 0. The van der Waals surface area contributed by atoms with Gasteiger partial charge < -0.3 is 15.2 Å². The second-order valence-electron chi connectivity index (χ2n) is 6.03. The second kappa shape index (κ2) is 7.84. The van der Waals surface area contributed by atoms with E-state index in [-0.39, 0.29) is 24.0 Å². The van der Waals surface area contributed by atoms with Crippen molar-refractivity contribution >= 4 is 5.91 Å². The Morgan fingerprint density at radius 3 is 2.48 bits per heavy atom. The van der Waals surface area contributed by atoms with Crippen LogP contribution in [0.15, 0.2) is 36.9 Å². The van der Waals surface area contributed by atoms with Crippen LogP contribution < -0.4 is 10.1 Å². The van der Waals surface area contributed by atoms with E-state index >= 15 is 0 Å². The van der Waals surface area contributed by atoms with Crippen molar-refractivity contribution < 1.29 is 14.6 Å². The van der Waals surface area contributed by atoms with E-state index in [0.29, 0.717) is 24.3 Å². The van der Waals surface area contributed by atoms with Gasteiger partial charge >= 0.3 is 0 Å². The number of nitrogens with one attached hydrogen (secondary N) is 1. The number of hydrogen-bond donors (Lipinski definition) is 2. The van der Waals surface area contributed by atoms with Crippen molar-refractivity contribution in [2.24, 2.45) is 5.41 Å². The highest BCUT2D eigenvalue weighted by molar-refractivity contribution is 5.94. The molecule has 0 aromatic heterocycles. The highest BCUT2D eigenvalue weighted by atomic mass is 16.5.